The van der Waals surface area contributed by atoms with Crippen molar-refractivity contribution >= 4 is 17.7 Å². The minimum atomic E-state index is 0.330. The lowest BCUT2D eigenvalue weighted by atomic mass is 10.2. The van der Waals surface area contributed by atoms with Crippen LogP contribution in [0.2, 0.25) is 0 Å². The summed E-state index contributed by atoms with van der Waals surface area (Å²) in [6.45, 7) is 2.21. The summed E-state index contributed by atoms with van der Waals surface area (Å²) in [5, 5.41) is 7.35. The molecule has 0 unspecified atom stereocenters. The molecule has 0 spiro atoms. The molecule has 0 saturated carbocycles. The van der Waals surface area contributed by atoms with Crippen LogP contribution in [0.4, 0.5) is 5.95 Å². The molecule has 0 radical (unpaired) electrons. The van der Waals surface area contributed by atoms with Crippen LogP contribution in [-0.2, 0) is 0 Å². The smallest absolute Gasteiger partial charge is 0.240 e. The summed E-state index contributed by atoms with van der Waals surface area (Å²) in [4.78, 5) is 4.00. The molecule has 0 fully saturated rings. The number of nitrogens with two attached hydrogens (primary N) is 1. The van der Waals surface area contributed by atoms with E-state index in [1.807, 2.05) is 0 Å². The third kappa shape index (κ3) is 4.17. The second kappa shape index (κ2) is 5.85. The van der Waals surface area contributed by atoms with Crippen LogP contribution in [0.5, 0.6) is 0 Å². The predicted molar refractivity (Wildman–Crippen MR) is 55.7 cm³/mol. The van der Waals surface area contributed by atoms with Crippen LogP contribution < -0.4 is 5.73 Å². The fourth-order valence-electron chi connectivity index (χ4n) is 1.02. The molecule has 0 aliphatic carbocycles. The Balaban J connectivity index is 2.06. The molecule has 4 nitrogen and oxygen atoms in total. The first-order valence-electron chi connectivity index (χ1n) is 4.63. The lowest BCUT2D eigenvalue weighted by molar-refractivity contribution is 0.706. The summed E-state index contributed by atoms with van der Waals surface area (Å²) in [6.07, 6.45) is 5.13. The van der Waals surface area contributed by atoms with Gasteiger partial charge in [0.05, 0.1) is 0 Å². The SMILES string of the molecule is CCCCCCSc1nc(N)n[nH]1. The van der Waals surface area contributed by atoms with Crippen molar-refractivity contribution in [3.05, 3.63) is 0 Å². The van der Waals surface area contributed by atoms with E-state index in [1.165, 1.54) is 25.7 Å². The lowest BCUT2D eigenvalue weighted by Gasteiger charge is -1.96. The van der Waals surface area contributed by atoms with Crippen LogP contribution in [0.15, 0.2) is 5.16 Å². The Morgan fingerprint density at radius 2 is 2.23 bits per heavy atom. The zero-order chi connectivity index (χ0) is 9.52. The van der Waals surface area contributed by atoms with Gasteiger partial charge in [-0.15, -0.1) is 5.10 Å². The summed E-state index contributed by atoms with van der Waals surface area (Å²) in [6, 6.07) is 0. The number of hydrogen-bond donors (Lipinski definition) is 2. The number of unbranched alkanes of at least 4 members (excludes halogenated alkanes) is 3. The minimum Gasteiger partial charge on any atom is -0.366 e. The van der Waals surface area contributed by atoms with E-state index in [-0.39, 0.29) is 0 Å². The molecular weight excluding hydrogens is 184 g/mol. The zero-order valence-electron chi connectivity index (χ0n) is 7.92. The van der Waals surface area contributed by atoms with Crippen molar-refractivity contribution in [1.82, 2.24) is 15.2 Å². The quantitative estimate of drug-likeness (QED) is 0.545. The van der Waals surface area contributed by atoms with Gasteiger partial charge in [-0.3, -0.25) is 5.10 Å². The number of thioether (sulfide) groups is 1. The number of hydrogen-bond acceptors (Lipinski definition) is 4. The molecule has 0 aliphatic heterocycles. The normalized spacial score (nSPS) is 10.5. The van der Waals surface area contributed by atoms with Crippen LogP contribution in [-0.4, -0.2) is 20.9 Å². The number of aromatic amines is 1. The van der Waals surface area contributed by atoms with Gasteiger partial charge in [0.2, 0.25) is 5.95 Å². The monoisotopic (exact) mass is 200 g/mol. The molecule has 5 heteroatoms. The zero-order valence-corrected chi connectivity index (χ0v) is 8.73. The second-order valence-electron chi connectivity index (χ2n) is 2.91. The van der Waals surface area contributed by atoms with E-state index in [2.05, 4.69) is 22.1 Å². The first-order valence-corrected chi connectivity index (χ1v) is 5.62. The van der Waals surface area contributed by atoms with Crippen LogP contribution in [0.25, 0.3) is 0 Å². The van der Waals surface area contributed by atoms with Crippen molar-refractivity contribution in [3.63, 3.8) is 0 Å². The van der Waals surface area contributed by atoms with Crippen molar-refractivity contribution in [2.45, 2.75) is 37.8 Å². The molecule has 0 aromatic carbocycles. The van der Waals surface area contributed by atoms with E-state index in [4.69, 9.17) is 5.73 Å². The van der Waals surface area contributed by atoms with Gasteiger partial charge in [-0.2, -0.15) is 4.98 Å². The Bertz CT molecular complexity index is 236. The first kappa shape index (κ1) is 10.4. The van der Waals surface area contributed by atoms with Crippen molar-refractivity contribution in [1.29, 1.82) is 0 Å². The van der Waals surface area contributed by atoms with Crippen LogP contribution in [0.1, 0.15) is 32.6 Å². The van der Waals surface area contributed by atoms with Crippen LogP contribution in [0.3, 0.4) is 0 Å². The Morgan fingerprint density at radius 1 is 1.38 bits per heavy atom. The maximum atomic E-state index is 5.36. The highest BCUT2D eigenvalue weighted by Gasteiger charge is 1.98. The van der Waals surface area contributed by atoms with Gasteiger partial charge in [-0.05, 0) is 6.42 Å². The Hall–Kier alpha value is -0.710. The van der Waals surface area contributed by atoms with E-state index in [1.54, 1.807) is 11.8 Å². The van der Waals surface area contributed by atoms with Gasteiger partial charge < -0.3 is 5.73 Å². The molecule has 74 valence electrons. The molecule has 3 N–H and O–H groups in total. The molecule has 1 aromatic rings. The second-order valence-corrected chi connectivity index (χ2v) is 3.99. The summed E-state index contributed by atoms with van der Waals surface area (Å²) < 4.78 is 0. The highest BCUT2D eigenvalue weighted by atomic mass is 32.2. The van der Waals surface area contributed by atoms with E-state index in [9.17, 15) is 0 Å². The van der Waals surface area contributed by atoms with Crippen molar-refractivity contribution in [2.24, 2.45) is 0 Å². The van der Waals surface area contributed by atoms with Crippen molar-refractivity contribution in [2.75, 3.05) is 11.5 Å². The Labute approximate surface area is 82.7 Å². The molecule has 0 aliphatic rings. The van der Waals surface area contributed by atoms with Gasteiger partial charge >= 0.3 is 0 Å². The number of rotatable bonds is 6. The Morgan fingerprint density at radius 3 is 2.85 bits per heavy atom. The average Bonchev–Trinajstić information content (AvgIpc) is 2.51. The van der Waals surface area contributed by atoms with Gasteiger partial charge in [-0.25, -0.2) is 0 Å². The molecule has 1 aromatic heterocycles. The Kier molecular flexibility index (Phi) is 4.67. The highest BCUT2D eigenvalue weighted by molar-refractivity contribution is 7.99. The van der Waals surface area contributed by atoms with Gasteiger partial charge in [0.25, 0.3) is 0 Å². The van der Waals surface area contributed by atoms with E-state index in [0.29, 0.717) is 5.95 Å². The largest absolute Gasteiger partial charge is 0.366 e. The lowest BCUT2D eigenvalue weighted by Crippen LogP contribution is -1.85. The molecule has 0 bridgehead atoms. The third-order valence-corrected chi connectivity index (χ3v) is 2.67. The van der Waals surface area contributed by atoms with Crippen molar-refractivity contribution in [3.8, 4) is 0 Å². The van der Waals surface area contributed by atoms with Gasteiger partial charge in [0.1, 0.15) is 0 Å². The average molecular weight is 200 g/mol. The topological polar surface area (TPSA) is 67.6 Å². The van der Waals surface area contributed by atoms with Gasteiger partial charge in [0, 0.05) is 5.75 Å². The number of anilines is 1. The van der Waals surface area contributed by atoms with Gasteiger partial charge in [0.15, 0.2) is 5.16 Å². The number of nitrogens with zero attached hydrogens (tertiary/aromatic N) is 2. The summed E-state index contributed by atoms with van der Waals surface area (Å²) >= 11 is 1.68. The summed E-state index contributed by atoms with van der Waals surface area (Å²) in [7, 11) is 0. The van der Waals surface area contributed by atoms with Crippen LogP contribution in [0, 0.1) is 0 Å². The number of nitrogen functional groups attached to an aromatic ring is 1. The molecule has 1 rings (SSSR count). The highest BCUT2D eigenvalue weighted by Crippen LogP contribution is 2.15. The minimum absolute atomic E-state index is 0.330. The summed E-state index contributed by atoms with van der Waals surface area (Å²) in [5.74, 6) is 1.42. The van der Waals surface area contributed by atoms with Crippen LogP contribution >= 0.6 is 11.8 Å². The van der Waals surface area contributed by atoms with Crippen molar-refractivity contribution < 1.29 is 0 Å². The molecule has 0 saturated heterocycles. The molecule has 0 amide bonds. The number of aromatic nitrogens is 3. The fourth-order valence-corrected chi connectivity index (χ4v) is 1.83. The number of H-pyrrole nitrogens is 1. The molecule has 13 heavy (non-hydrogen) atoms. The van der Waals surface area contributed by atoms with Gasteiger partial charge in [-0.1, -0.05) is 37.9 Å². The molecular formula is C8H16N4S. The molecule has 1 heterocycles. The summed E-state index contributed by atoms with van der Waals surface area (Å²) in [5.41, 5.74) is 5.36. The maximum absolute atomic E-state index is 5.36. The predicted octanol–water partition coefficient (Wildman–Crippen LogP) is 2.06. The number of nitrogens with one attached hydrogen (secondary N) is 1. The maximum Gasteiger partial charge on any atom is 0.240 e. The fraction of sp³-hybridized carbons (Fsp3) is 0.750. The van der Waals surface area contributed by atoms with E-state index < -0.39 is 0 Å². The van der Waals surface area contributed by atoms with E-state index in [0.717, 1.165) is 10.9 Å². The standard InChI is InChI=1S/C8H16N4S/c1-2-3-4-5-6-13-8-10-7(9)11-12-8/h2-6H2,1H3,(H3,9,10,11,12). The molecule has 0 atom stereocenters. The third-order valence-electron chi connectivity index (χ3n) is 1.72. The first-order chi connectivity index (χ1) is 6.33. The van der Waals surface area contributed by atoms with E-state index >= 15 is 0 Å².